The molecule has 0 aliphatic heterocycles. The van der Waals surface area contributed by atoms with E-state index in [1.165, 1.54) is 11.3 Å². The number of anilines is 2. The number of carboxylic acids is 1. The summed E-state index contributed by atoms with van der Waals surface area (Å²) in [5, 5.41) is 17.3. The third-order valence-corrected chi connectivity index (χ3v) is 7.36. The number of azo groups is 1. The number of aliphatic carboxylic acids is 1. The van der Waals surface area contributed by atoms with Gasteiger partial charge in [-0.1, -0.05) is 56.4 Å². The minimum absolute atomic E-state index is 0. The van der Waals surface area contributed by atoms with E-state index in [1.807, 2.05) is 158 Å². The van der Waals surface area contributed by atoms with Crippen LogP contribution in [-0.2, 0) is 33.0 Å². The van der Waals surface area contributed by atoms with Gasteiger partial charge >= 0.3 is 5.95 Å². The number of imidazole rings is 1. The fourth-order valence-electron chi connectivity index (χ4n) is 4.40. The van der Waals surface area contributed by atoms with Crippen molar-refractivity contribution in [3.05, 3.63) is 156 Å². The quantitative estimate of drug-likeness (QED) is 0.105. The van der Waals surface area contributed by atoms with Crippen LogP contribution in [0, 0.1) is 0 Å². The van der Waals surface area contributed by atoms with Gasteiger partial charge in [0, 0.05) is 52.8 Å². The molecule has 11 heteroatoms. The van der Waals surface area contributed by atoms with Gasteiger partial charge < -0.3 is 26.1 Å². The maximum absolute atomic E-state index is 8.89. The predicted octanol–water partition coefficient (Wildman–Crippen LogP) is 6.83. The van der Waals surface area contributed by atoms with Crippen molar-refractivity contribution in [3.63, 3.8) is 0 Å². The number of benzene rings is 3. The molecule has 0 saturated carbocycles. The first-order valence-corrected chi connectivity index (χ1v) is 16.6. The van der Waals surface area contributed by atoms with Gasteiger partial charge in [0.2, 0.25) is 5.69 Å². The number of ether oxygens (including phenoxy) is 1. The molecule has 0 spiro atoms. The second-order valence-electron chi connectivity index (χ2n) is 11.7. The Balaban J connectivity index is 0.000000386. The minimum atomic E-state index is -1.08. The summed E-state index contributed by atoms with van der Waals surface area (Å²) < 4.78 is 13.0. The number of nitrogens with zero attached hydrogens (tertiary/aromatic N) is 6. The summed E-state index contributed by atoms with van der Waals surface area (Å²) in [4.78, 5) is 8.89. The Morgan fingerprint density at radius 3 is 1.62 bits per heavy atom. The molecule has 6 rings (SSSR count). The summed E-state index contributed by atoms with van der Waals surface area (Å²) in [6, 6.07) is 33.4. The summed E-state index contributed by atoms with van der Waals surface area (Å²) >= 11 is 0. The Morgan fingerprint density at radius 1 is 0.673 bits per heavy atom. The van der Waals surface area contributed by atoms with Crippen LogP contribution in [0.25, 0.3) is 24.3 Å². The van der Waals surface area contributed by atoms with Crippen molar-refractivity contribution in [2.75, 3.05) is 18.6 Å². The highest BCUT2D eigenvalue weighted by Gasteiger charge is 2.10. The van der Waals surface area contributed by atoms with Gasteiger partial charge in [0.15, 0.2) is 18.6 Å². The van der Waals surface area contributed by atoms with Gasteiger partial charge in [-0.25, -0.2) is 18.3 Å². The van der Waals surface area contributed by atoms with Crippen LogP contribution in [0.1, 0.15) is 44.2 Å². The van der Waals surface area contributed by atoms with Gasteiger partial charge in [-0.2, -0.15) is 0 Å². The number of pyridine rings is 2. The summed E-state index contributed by atoms with van der Waals surface area (Å²) in [6.45, 7) is 0.972. The highest BCUT2D eigenvalue weighted by Crippen LogP contribution is 2.19. The fraction of sp³-hybridized carbons (Fsp3) is 0.182. The monoisotopic (exact) mass is 744 g/mol. The van der Waals surface area contributed by atoms with E-state index in [0.717, 1.165) is 46.8 Å². The number of aromatic nitrogens is 4. The van der Waals surface area contributed by atoms with E-state index in [4.69, 9.17) is 26.1 Å². The normalized spacial score (nSPS) is 10.1. The summed E-state index contributed by atoms with van der Waals surface area (Å²) in [5.74, 6) is 0.522. The largest absolute Gasteiger partial charge is 0.550 e. The third-order valence-electron chi connectivity index (χ3n) is 7.36. The van der Waals surface area contributed by atoms with Gasteiger partial charge in [0.25, 0.3) is 0 Å². The number of nitrogen functional groups attached to an aromatic ring is 2. The smallest absolute Gasteiger partial charge is 0.421 e. The molecule has 0 amide bonds. The number of rotatable bonds is 7. The van der Waals surface area contributed by atoms with Crippen LogP contribution < -0.4 is 35.0 Å². The molecular formula is C44H56N8O3+2. The molecule has 3 heterocycles. The molecule has 288 valence electrons. The zero-order valence-corrected chi connectivity index (χ0v) is 31.1. The maximum atomic E-state index is 8.89. The SMILES string of the molecule is C.C.CC(=O)[O-].COc1ccc(N=Nc2n(C)cc[n+]2C)cc1.C[n+]1ccc(C=Cc2ccc(N)cc2)cc1.C[n+]1ccccc1C=Cc1ccc(N)cc1. The van der Waals surface area contributed by atoms with E-state index in [1.54, 1.807) is 7.11 Å². The van der Waals surface area contributed by atoms with Crippen LogP contribution in [0.15, 0.2) is 144 Å². The van der Waals surface area contributed by atoms with E-state index < -0.39 is 5.97 Å². The molecular weight excluding hydrogens is 689 g/mol. The molecule has 0 aliphatic carbocycles. The highest BCUT2D eigenvalue weighted by molar-refractivity contribution is 5.70. The molecule has 55 heavy (non-hydrogen) atoms. The van der Waals surface area contributed by atoms with Crippen molar-refractivity contribution in [1.29, 1.82) is 0 Å². The van der Waals surface area contributed by atoms with Gasteiger partial charge in [-0.15, -0.1) is 0 Å². The van der Waals surface area contributed by atoms with E-state index in [0.29, 0.717) is 0 Å². The van der Waals surface area contributed by atoms with E-state index in [2.05, 4.69) is 57.3 Å². The van der Waals surface area contributed by atoms with Gasteiger partial charge in [-0.3, -0.25) is 0 Å². The molecule has 0 saturated heterocycles. The second kappa shape index (κ2) is 24.4. The van der Waals surface area contributed by atoms with Crippen LogP contribution in [0.3, 0.4) is 0 Å². The van der Waals surface area contributed by atoms with Crippen LogP contribution >= 0.6 is 0 Å². The number of hydrogen-bond acceptors (Lipinski definition) is 7. The Morgan fingerprint density at radius 2 is 1.16 bits per heavy atom. The first-order valence-electron chi connectivity index (χ1n) is 16.6. The Kier molecular flexibility index (Phi) is 20.5. The van der Waals surface area contributed by atoms with Gasteiger partial charge in [0.1, 0.15) is 25.5 Å². The van der Waals surface area contributed by atoms with Crippen LogP contribution in [0.5, 0.6) is 5.75 Å². The summed E-state index contributed by atoms with van der Waals surface area (Å²) in [6.07, 6.45) is 18.3. The zero-order valence-electron chi connectivity index (χ0n) is 31.1. The van der Waals surface area contributed by atoms with Crippen molar-refractivity contribution in [1.82, 2.24) is 4.57 Å². The fourth-order valence-corrected chi connectivity index (χ4v) is 4.40. The standard InChI is InChI=1S/2C14H14N2.C12H15N4O.C2H4O2.2CH4/c1-16-10-8-13(9-11-16)3-2-12-4-6-14(15)7-5-12;1-16-11-3-2-4-14(16)10-7-12-5-8-13(15)9-6-12;1-15-8-9-16(2)12(15)14-13-10-4-6-11(17-3)7-5-10;1-2(3)4;;/h2*2-11,15H,1H3;4-9H,1-3H3;1H3,(H,3,4);2*1H4/q;;+1;;;/p+1. The van der Waals surface area contributed by atoms with Gasteiger partial charge in [0.05, 0.1) is 33.6 Å². The average Bonchev–Trinajstić information content (AvgIpc) is 3.48. The number of hydrogen-bond donors (Lipinski definition) is 2. The van der Waals surface area contributed by atoms with Crippen molar-refractivity contribution >= 4 is 53.3 Å². The van der Waals surface area contributed by atoms with Crippen molar-refractivity contribution in [2.24, 2.45) is 38.4 Å². The molecule has 0 atom stereocenters. The molecule has 0 radical (unpaired) electrons. The lowest BCUT2D eigenvalue weighted by molar-refractivity contribution is -0.673. The number of aryl methyl sites for hydroxylation is 4. The zero-order chi connectivity index (χ0) is 38.6. The lowest BCUT2D eigenvalue weighted by Crippen LogP contribution is -2.30. The topological polar surface area (TPSA) is 143 Å². The molecule has 0 aliphatic rings. The predicted molar refractivity (Wildman–Crippen MR) is 223 cm³/mol. The lowest BCUT2D eigenvalue weighted by atomic mass is 10.1. The Hall–Kier alpha value is -6.88. The summed E-state index contributed by atoms with van der Waals surface area (Å²) in [5.41, 5.74) is 18.3. The number of carbonyl (C=O) groups excluding carboxylic acids is 1. The molecule has 0 fully saturated rings. The minimum Gasteiger partial charge on any atom is -0.550 e. The van der Waals surface area contributed by atoms with E-state index >= 15 is 0 Å². The van der Waals surface area contributed by atoms with Crippen molar-refractivity contribution < 1.29 is 28.3 Å². The molecule has 3 aromatic carbocycles. The number of nitrogens with two attached hydrogens (primary N) is 2. The van der Waals surface area contributed by atoms with Crippen molar-refractivity contribution in [3.8, 4) is 5.75 Å². The highest BCUT2D eigenvalue weighted by atomic mass is 16.5. The molecule has 6 aromatic rings. The maximum Gasteiger partial charge on any atom is 0.421 e. The molecule has 0 unspecified atom stereocenters. The van der Waals surface area contributed by atoms with Crippen LogP contribution in [0.4, 0.5) is 23.0 Å². The Bertz CT molecular complexity index is 2020. The number of carbonyl (C=O) groups is 1. The average molecular weight is 745 g/mol. The van der Waals surface area contributed by atoms with E-state index in [-0.39, 0.29) is 14.9 Å². The first-order chi connectivity index (χ1) is 25.4. The van der Waals surface area contributed by atoms with Crippen LogP contribution in [-0.4, -0.2) is 17.6 Å². The molecule has 4 N–H and O–H groups in total. The lowest BCUT2D eigenvalue weighted by Gasteiger charge is -1.96. The molecule has 11 nitrogen and oxygen atoms in total. The number of carboxylic acid groups (broad SMARTS) is 1. The Labute approximate surface area is 326 Å². The summed E-state index contributed by atoms with van der Waals surface area (Å²) in [7, 11) is 9.54. The van der Waals surface area contributed by atoms with Crippen LogP contribution in [0.2, 0.25) is 0 Å². The number of methoxy groups -OCH3 is 1. The molecule has 0 bridgehead atoms. The third kappa shape index (κ3) is 17.5. The molecule has 3 aromatic heterocycles. The second-order valence-corrected chi connectivity index (χ2v) is 11.7. The van der Waals surface area contributed by atoms with E-state index in [9.17, 15) is 0 Å². The van der Waals surface area contributed by atoms with Gasteiger partial charge in [-0.05, 0) is 84.3 Å². The van der Waals surface area contributed by atoms with Crippen molar-refractivity contribution in [2.45, 2.75) is 21.8 Å². The first kappa shape index (κ1) is 46.1.